The second-order valence-electron chi connectivity index (χ2n) is 5.21. The van der Waals surface area contributed by atoms with Crippen LogP contribution in [0.5, 0.6) is 5.75 Å². The normalized spacial score (nSPS) is 20.6. The maximum Gasteiger partial charge on any atom is 0.414 e. The minimum atomic E-state index is -4.10. The van der Waals surface area contributed by atoms with Gasteiger partial charge < -0.3 is 14.8 Å². The summed E-state index contributed by atoms with van der Waals surface area (Å²) in [7, 11) is -4.10. The quantitative estimate of drug-likeness (QED) is 0.769. The topological polar surface area (TPSA) is 122 Å². The number of anilines is 2. The van der Waals surface area contributed by atoms with E-state index in [1.54, 1.807) is 18.2 Å². The lowest BCUT2D eigenvalue weighted by Gasteiger charge is -2.20. The van der Waals surface area contributed by atoms with Crippen molar-refractivity contribution in [3.8, 4) is 5.75 Å². The van der Waals surface area contributed by atoms with Crippen molar-refractivity contribution in [2.75, 3.05) is 29.1 Å². The molecule has 0 spiro atoms. The van der Waals surface area contributed by atoms with E-state index in [2.05, 4.69) is 5.32 Å². The first-order valence-corrected chi connectivity index (χ1v) is 8.43. The van der Waals surface area contributed by atoms with Crippen LogP contribution in [0.4, 0.5) is 16.2 Å². The first-order chi connectivity index (χ1) is 10.8. The molecule has 1 atom stereocenters. The molecule has 2 aliphatic rings. The van der Waals surface area contributed by atoms with Crippen molar-refractivity contribution in [2.45, 2.75) is 12.5 Å². The molecule has 1 saturated heterocycles. The van der Waals surface area contributed by atoms with Crippen molar-refractivity contribution >= 4 is 33.5 Å². The molecule has 0 bridgehead atoms. The molecule has 3 rings (SSSR count). The molecule has 23 heavy (non-hydrogen) atoms. The van der Waals surface area contributed by atoms with Gasteiger partial charge in [0.1, 0.15) is 11.9 Å². The number of ether oxygens (including phenoxy) is 2. The number of hydrogen-bond acceptors (Lipinski definition) is 6. The lowest BCUT2D eigenvalue weighted by molar-refractivity contribution is -0.118. The summed E-state index contributed by atoms with van der Waals surface area (Å²) < 4.78 is 40.6. The van der Waals surface area contributed by atoms with Crippen LogP contribution < -0.4 is 15.0 Å². The number of benzene rings is 1. The van der Waals surface area contributed by atoms with Gasteiger partial charge in [-0.15, -0.1) is 0 Å². The number of hydrogen-bond donors (Lipinski definition) is 2. The summed E-state index contributed by atoms with van der Waals surface area (Å²) in [6.45, 7) is 0.0950. The average molecular weight is 342 g/mol. The Morgan fingerprint density at radius 1 is 1.35 bits per heavy atom. The highest BCUT2D eigenvalue weighted by Crippen LogP contribution is 2.33. The van der Waals surface area contributed by atoms with Gasteiger partial charge in [-0.2, -0.15) is 8.42 Å². The van der Waals surface area contributed by atoms with Crippen LogP contribution in [0.25, 0.3) is 0 Å². The Bertz CT molecular complexity index is 762. The van der Waals surface area contributed by atoms with E-state index < -0.39 is 28.1 Å². The molecular weight excluding hydrogens is 328 g/mol. The predicted octanol–water partition coefficient (Wildman–Crippen LogP) is 0.621. The number of fused-ring (bicyclic) bond motifs is 1. The second kappa shape index (κ2) is 5.70. The van der Waals surface area contributed by atoms with E-state index in [1.165, 1.54) is 4.90 Å². The number of nitrogens with zero attached hydrogens (tertiary/aromatic N) is 1. The van der Waals surface area contributed by atoms with Crippen molar-refractivity contribution in [3.63, 3.8) is 0 Å². The SMILES string of the molecule is O=C1COc2ccc(N3C[C@H](CCS(=O)(=O)O)OC3=O)cc2N1. The minimum Gasteiger partial charge on any atom is -0.482 e. The Morgan fingerprint density at radius 2 is 2.13 bits per heavy atom. The number of amides is 2. The lowest BCUT2D eigenvalue weighted by Crippen LogP contribution is -2.27. The van der Waals surface area contributed by atoms with Gasteiger partial charge in [0.15, 0.2) is 6.61 Å². The molecule has 2 N–H and O–H groups in total. The number of nitrogens with one attached hydrogen (secondary N) is 1. The Morgan fingerprint density at radius 3 is 2.87 bits per heavy atom. The lowest BCUT2D eigenvalue weighted by atomic mass is 10.2. The highest BCUT2D eigenvalue weighted by Gasteiger charge is 2.33. The largest absolute Gasteiger partial charge is 0.482 e. The first-order valence-electron chi connectivity index (χ1n) is 6.82. The molecule has 0 unspecified atom stereocenters. The van der Waals surface area contributed by atoms with Gasteiger partial charge in [-0.25, -0.2) is 4.79 Å². The molecule has 1 aromatic rings. The molecule has 1 aromatic carbocycles. The Kier molecular flexibility index (Phi) is 3.86. The highest BCUT2D eigenvalue weighted by molar-refractivity contribution is 7.85. The third kappa shape index (κ3) is 3.54. The molecule has 2 amide bonds. The van der Waals surface area contributed by atoms with Crippen LogP contribution in [-0.4, -0.2) is 50.0 Å². The maximum absolute atomic E-state index is 11.9. The Labute approximate surface area is 131 Å². The van der Waals surface area contributed by atoms with Crippen LogP contribution in [0.15, 0.2) is 18.2 Å². The third-order valence-electron chi connectivity index (χ3n) is 3.48. The summed E-state index contributed by atoms with van der Waals surface area (Å²) in [6.07, 6.45) is -1.24. The number of rotatable bonds is 4. The third-order valence-corrected chi connectivity index (χ3v) is 4.23. The number of cyclic esters (lactones) is 1. The standard InChI is InChI=1S/C13H14N2O7S/c16-12-7-21-11-2-1-8(5-10(11)14-12)15-6-9(22-13(15)17)3-4-23(18,19)20/h1-2,5,9H,3-4,6-7H2,(H,14,16)(H,18,19,20)/t9-/m0/s1. The van der Waals surface area contributed by atoms with E-state index in [4.69, 9.17) is 14.0 Å². The molecular formula is C13H14N2O7S. The zero-order chi connectivity index (χ0) is 16.6. The molecule has 1 fully saturated rings. The van der Waals surface area contributed by atoms with Crippen molar-refractivity contribution in [1.82, 2.24) is 0 Å². The first kappa shape index (κ1) is 15.6. The van der Waals surface area contributed by atoms with E-state index in [0.717, 1.165) is 0 Å². The summed E-state index contributed by atoms with van der Waals surface area (Å²) in [4.78, 5) is 24.6. The minimum absolute atomic E-state index is 0.00581. The van der Waals surface area contributed by atoms with Crippen LogP contribution >= 0.6 is 0 Å². The monoisotopic (exact) mass is 342 g/mol. The highest BCUT2D eigenvalue weighted by atomic mass is 32.2. The van der Waals surface area contributed by atoms with Gasteiger partial charge in [-0.05, 0) is 18.2 Å². The number of carbonyl (C=O) groups is 2. The molecule has 2 heterocycles. The fourth-order valence-electron chi connectivity index (χ4n) is 2.40. The number of carbonyl (C=O) groups excluding carboxylic acids is 2. The maximum atomic E-state index is 11.9. The molecule has 0 aliphatic carbocycles. The van der Waals surface area contributed by atoms with Gasteiger partial charge >= 0.3 is 6.09 Å². The van der Waals surface area contributed by atoms with Crippen LogP contribution in [0.3, 0.4) is 0 Å². The molecule has 9 nitrogen and oxygen atoms in total. The summed E-state index contributed by atoms with van der Waals surface area (Å²) >= 11 is 0. The molecule has 124 valence electrons. The van der Waals surface area contributed by atoms with Gasteiger partial charge in [0.05, 0.1) is 18.0 Å². The smallest absolute Gasteiger partial charge is 0.414 e. The molecule has 2 aliphatic heterocycles. The van der Waals surface area contributed by atoms with Gasteiger partial charge in [-0.1, -0.05) is 0 Å². The molecule has 0 aromatic heterocycles. The van der Waals surface area contributed by atoms with Crippen molar-refractivity contribution < 1.29 is 32.0 Å². The van der Waals surface area contributed by atoms with E-state index in [9.17, 15) is 18.0 Å². The molecule has 0 saturated carbocycles. The van der Waals surface area contributed by atoms with E-state index >= 15 is 0 Å². The molecule has 10 heteroatoms. The van der Waals surface area contributed by atoms with Gasteiger partial charge in [0, 0.05) is 12.1 Å². The Balaban J connectivity index is 1.73. The van der Waals surface area contributed by atoms with Gasteiger partial charge in [-0.3, -0.25) is 14.2 Å². The van der Waals surface area contributed by atoms with Crippen molar-refractivity contribution in [3.05, 3.63) is 18.2 Å². The summed E-state index contributed by atoms with van der Waals surface area (Å²) in [6, 6.07) is 4.85. The van der Waals surface area contributed by atoms with E-state index in [0.29, 0.717) is 17.1 Å². The van der Waals surface area contributed by atoms with Crippen LogP contribution in [0.2, 0.25) is 0 Å². The summed E-state index contributed by atoms with van der Waals surface area (Å²) in [5.74, 6) is -0.263. The zero-order valence-corrected chi connectivity index (χ0v) is 12.7. The zero-order valence-electron chi connectivity index (χ0n) is 11.9. The van der Waals surface area contributed by atoms with Gasteiger partial charge in [0.25, 0.3) is 16.0 Å². The average Bonchev–Trinajstić information content (AvgIpc) is 2.85. The second-order valence-corrected chi connectivity index (χ2v) is 6.78. The summed E-state index contributed by atoms with van der Waals surface area (Å²) in [5, 5.41) is 2.64. The molecule has 0 radical (unpaired) electrons. The van der Waals surface area contributed by atoms with E-state index in [1.807, 2.05) is 0 Å². The van der Waals surface area contributed by atoms with Gasteiger partial charge in [0.2, 0.25) is 0 Å². The van der Waals surface area contributed by atoms with Crippen LogP contribution in [0, 0.1) is 0 Å². The fraction of sp³-hybridized carbons (Fsp3) is 0.385. The predicted molar refractivity (Wildman–Crippen MR) is 79.2 cm³/mol. The Hall–Kier alpha value is -2.33. The van der Waals surface area contributed by atoms with Crippen LogP contribution in [0.1, 0.15) is 6.42 Å². The summed E-state index contributed by atoms with van der Waals surface area (Å²) in [5.41, 5.74) is 0.946. The van der Waals surface area contributed by atoms with Crippen molar-refractivity contribution in [1.29, 1.82) is 0 Å². The van der Waals surface area contributed by atoms with Crippen molar-refractivity contribution in [2.24, 2.45) is 0 Å². The van der Waals surface area contributed by atoms with Crippen LogP contribution in [-0.2, 0) is 19.6 Å². The van der Waals surface area contributed by atoms with E-state index in [-0.39, 0.29) is 25.5 Å². The fourth-order valence-corrected chi connectivity index (χ4v) is 2.96.